The minimum atomic E-state index is -0.853. The molecule has 0 amide bonds. The maximum absolute atomic E-state index is 11.9. The van der Waals surface area contributed by atoms with E-state index in [1.165, 1.54) is 19.6 Å². The van der Waals surface area contributed by atoms with E-state index >= 15 is 0 Å². The van der Waals surface area contributed by atoms with Crippen LogP contribution in [0.5, 0.6) is 0 Å². The molecule has 1 aliphatic rings. The topological polar surface area (TPSA) is 64.6 Å². The predicted molar refractivity (Wildman–Crippen MR) is 86.6 cm³/mol. The van der Waals surface area contributed by atoms with E-state index in [4.69, 9.17) is 4.74 Å². The van der Waals surface area contributed by atoms with E-state index in [0.29, 0.717) is 6.04 Å². The third kappa shape index (κ3) is 5.36. The Labute approximate surface area is 137 Å². The van der Waals surface area contributed by atoms with E-state index in [1.807, 2.05) is 18.2 Å². The summed E-state index contributed by atoms with van der Waals surface area (Å²) in [7, 11) is 1.27. The lowest BCUT2D eigenvalue weighted by atomic mass is 9.92. The molecule has 23 heavy (non-hydrogen) atoms. The Morgan fingerprint density at radius 1 is 1.13 bits per heavy atom. The summed E-state index contributed by atoms with van der Waals surface area (Å²) in [5.41, 5.74) is 1.27. The second-order valence-corrected chi connectivity index (χ2v) is 6.02. The van der Waals surface area contributed by atoms with Gasteiger partial charge >= 0.3 is 11.9 Å². The van der Waals surface area contributed by atoms with Gasteiger partial charge in [-0.25, -0.2) is 0 Å². The molecule has 0 spiro atoms. The maximum atomic E-state index is 11.9. The van der Waals surface area contributed by atoms with Crippen LogP contribution in [0.25, 0.3) is 0 Å². The zero-order chi connectivity index (χ0) is 16.7. The lowest BCUT2D eigenvalue weighted by molar-refractivity contribution is -0.164. The highest BCUT2D eigenvalue weighted by atomic mass is 16.6. The second kappa shape index (κ2) is 8.67. The molecule has 1 atom stereocenters. The van der Waals surface area contributed by atoms with Crippen molar-refractivity contribution < 1.29 is 19.1 Å². The summed E-state index contributed by atoms with van der Waals surface area (Å²) in [5.74, 6) is -1.89. The van der Waals surface area contributed by atoms with Crippen LogP contribution in [0.3, 0.4) is 0 Å². The highest BCUT2D eigenvalue weighted by Crippen LogP contribution is 2.22. The molecule has 0 radical (unpaired) electrons. The molecule has 1 unspecified atom stereocenters. The van der Waals surface area contributed by atoms with Gasteiger partial charge in [-0.1, -0.05) is 30.3 Å². The van der Waals surface area contributed by atoms with E-state index in [2.05, 4.69) is 22.2 Å². The smallest absolute Gasteiger partial charge is 0.320 e. The quantitative estimate of drug-likeness (QED) is 0.644. The van der Waals surface area contributed by atoms with Gasteiger partial charge in [0, 0.05) is 12.6 Å². The zero-order valence-corrected chi connectivity index (χ0v) is 13.8. The summed E-state index contributed by atoms with van der Waals surface area (Å²) in [6.07, 6.45) is 3.50. The van der Waals surface area contributed by atoms with Crippen molar-refractivity contribution in [1.82, 2.24) is 5.32 Å². The van der Waals surface area contributed by atoms with Gasteiger partial charge in [-0.05, 0) is 38.2 Å². The largest absolute Gasteiger partial charge is 0.468 e. The van der Waals surface area contributed by atoms with E-state index in [0.717, 1.165) is 32.2 Å². The number of nitrogens with one attached hydrogen (secondary N) is 1. The van der Waals surface area contributed by atoms with Gasteiger partial charge in [0.1, 0.15) is 6.10 Å². The molecular formula is C18H25NO4. The molecule has 0 saturated heterocycles. The number of esters is 2. The summed E-state index contributed by atoms with van der Waals surface area (Å²) in [4.78, 5) is 23.2. The molecule has 1 aliphatic carbocycles. The van der Waals surface area contributed by atoms with Crippen molar-refractivity contribution in [2.45, 2.75) is 51.3 Å². The minimum absolute atomic E-state index is 0.0932. The van der Waals surface area contributed by atoms with Gasteiger partial charge in [0.05, 0.1) is 7.11 Å². The number of carbonyl (C=O) groups is 2. The first kappa shape index (κ1) is 17.5. The predicted octanol–water partition coefficient (Wildman–Crippen LogP) is 2.44. The van der Waals surface area contributed by atoms with Gasteiger partial charge in [-0.15, -0.1) is 0 Å². The molecule has 5 nitrogen and oxygen atoms in total. The monoisotopic (exact) mass is 319 g/mol. The van der Waals surface area contributed by atoms with Gasteiger partial charge < -0.3 is 14.8 Å². The van der Waals surface area contributed by atoms with Gasteiger partial charge in [-0.3, -0.25) is 9.59 Å². The molecule has 1 fully saturated rings. The summed E-state index contributed by atoms with van der Waals surface area (Å²) >= 11 is 0. The first-order valence-corrected chi connectivity index (χ1v) is 8.15. The fourth-order valence-electron chi connectivity index (χ4n) is 2.78. The molecule has 0 aliphatic heterocycles. The second-order valence-electron chi connectivity index (χ2n) is 6.02. The van der Waals surface area contributed by atoms with E-state index < -0.39 is 17.9 Å². The van der Waals surface area contributed by atoms with Crippen LogP contribution >= 0.6 is 0 Å². The Hall–Kier alpha value is -1.88. The molecule has 1 aromatic carbocycles. The highest BCUT2D eigenvalue weighted by Gasteiger charge is 2.29. The van der Waals surface area contributed by atoms with Crippen LogP contribution in [-0.2, 0) is 25.6 Å². The van der Waals surface area contributed by atoms with Crippen molar-refractivity contribution in [3.8, 4) is 0 Å². The van der Waals surface area contributed by atoms with E-state index in [1.54, 1.807) is 0 Å². The van der Waals surface area contributed by atoms with Crippen LogP contribution in [0.2, 0.25) is 0 Å². The molecule has 1 saturated carbocycles. The lowest BCUT2D eigenvalue weighted by Gasteiger charge is -2.29. The Kier molecular flexibility index (Phi) is 6.59. The Morgan fingerprint density at radius 2 is 1.78 bits per heavy atom. The normalized spacial score (nSPS) is 22.2. The average Bonchev–Trinajstić information content (AvgIpc) is 2.60. The van der Waals surface area contributed by atoms with Crippen molar-refractivity contribution >= 4 is 11.9 Å². The fourth-order valence-corrected chi connectivity index (χ4v) is 2.78. The summed E-state index contributed by atoms with van der Waals surface area (Å²) in [6.45, 7) is 2.37. The first-order valence-electron chi connectivity index (χ1n) is 8.15. The molecule has 1 N–H and O–H groups in total. The number of methoxy groups -OCH3 is 1. The average molecular weight is 319 g/mol. The van der Waals surface area contributed by atoms with Crippen LogP contribution in [0.4, 0.5) is 0 Å². The molecule has 5 heteroatoms. The molecular weight excluding hydrogens is 294 g/mol. The van der Waals surface area contributed by atoms with Crippen molar-refractivity contribution in [1.29, 1.82) is 0 Å². The standard InChI is InChI=1S/C18H25NO4/c1-13(17(20)22-2)18(21)23-16-10-8-15(9-11-16)19-12-14-6-4-3-5-7-14/h3-7,13,15-16,19H,8-12H2,1-2H3. The Balaban J connectivity index is 1.69. The van der Waals surface area contributed by atoms with Crippen molar-refractivity contribution in [2.24, 2.45) is 5.92 Å². The van der Waals surface area contributed by atoms with Crippen LogP contribution in [0.15, 0.2) is 30.3 Å². The summed E-state index contributed by atoms with van der Waals surface area (Å²) in [6, 6.07) is 10.7. The van der Waals surface area contributed by atoms with Crippen molar-refractivity contribution in [3.05, 3.63) is 35.9 Å². The van der Waals surface area contributed by atoms with E-state index in [-0.39, 0.29) is 6.10 Å². The number of benzene rings is 1. The number of hydrogen-bond acceptors (Lipinski definition) is 5. The van der Waals surface area contributed by atoms with Crippen LogP contribution in [0, 0.1) is 5.92 Å². The molecule has 126 valence electrons. The summed E-state index contributed by atoms with van der Waals surface area (Å²) < 4.78 is 9.98. The molecule has 0 aromatic heterocycles. The van der Waals surface area contributed by atoms with Gasteiger partial charge in [0.25, 0.3) is 0 Å². The van der Waals surface area contributed by atoms with E-state index in [9.17, 15) is 9.59 Å². The molecule has 0 heterocycles. The highest BCUT2D eigenvalue weighted by molar-refractivity contribution is 5.94. The Bertz CT molecular complexity index is 509. The molecule has 0 bridgehead atoms. The van der Waals surface area contributed by atoms with Crippen LogP contribution < -0.4 is 5.32 Å². The maximum Gasteiger partial charge on any atom is 0.320 e. The van der Waals surface area contributed by atoms with Crippen LogP contribution in [0.1, 0.15) is 38.2 Å². The third-order valence-corrected chi connectivity index (χ3v) is 4.30. The molecule has 1 aromatic rings. The first-order chi connectivity index (χ1) is 11.1. The van der Waals surface area contributed by atoms with Crippen molar-refractivity contribution in [3.63, 3.8) is 0 Å². The summed E-state index contributed by atoms with van der Waals surface area (Å²) in [5, 5.41) is 3.55. The number of hydrogen-bond donors (Lipinski definition) is 1. The van der Waals surface area contributed by atoms with Crippen LogP contribution in [-0.4, -0.2) is 31.2 Å². The zero-order valence-electron chi connectivity index (χ0n) is 13.8. The van der Waals surface area contributed by atoms with Gasteiger partial charge in [0.2, 0.25) is 0 Å². The van der Waals surface area contributed by atoms with Gasteiger partial charge in [-0.2, -0.15) is 0 Å². The fraction of sp³-hybridized carbons (Fsp3) is 0.556. The number of ether oxygens (including phenoxy) is 2. The third-order valence-electron chi connectivity index (χ3n) is 4.30. The molecule has 2 rings (SSSR count). The number of rotatable bonds is 6. The van der Waals surface area contributed by atoms with Crippen molar-refractivity contribution in [2.75, 3.05) is 7.11 Å². The SMILES string of the molecule is COC(=O)C(C)C(=O)OC1CCC(NCc2ccccc2)CC1. The Morgan fingerprint density at radius 3 is 2.39 bits per heavy atom. The van der Waals surface area contributed by atoms with Gasteiger partial charge in [0.15, 0.2) is 5.92 Å². The number of carbonyl (C=O) groups excluding carboxylic acids is 2. The lowest BCUT2D eigenvalue weighted by Crippen LogP contribution is -2.37. The minimum Gasteiger partial charge on any atom is -0.468 e.